The highest BCUT2D eigenvalue weighted by Crippen LogP contribution is 2.18. The number of nitro groups is 1. The summed E-state index contributed by atoms with van der Waals surface area (Å²) in [4.78, 5) is 37.0. The molecule has 2 amide bonds. The number of nitrogens with zero attached hydrogens (tertiary/aromatic N) is 2. The van der Waals surface area contributed by atoms with Crippen LogP contribution in [0, 0.1) is 10.1 Å². The van der Waals surface area contributed by atoms with E-state index >= 15 is 0 Å². The lowest BCUT2D eigenvalue weighted by Crippen LogP contribution is -2.33. The Morgan fingerprint density at radius 2 is 1.74 bits per heavy atom. The van der Waals surface area contributed by atoms with Gasteiger partial charge in [-0.3, -0.25) is 25.0 Å². The number of nitro benzene ring substituents is 1. The van der Waals surface area contributed by atoms with Gasteiger partial charge >= 0.3 is 0 Å². The van der Waals surface area contributed by atoms with Crippen molar-refractivity contribution >= 4 is 52.3 Å². The predicted molar refractivity (Wildman–Crippen MR) is 137 cm³/mol. The summed E-state index contributed by atoms with van der Waals surface area (Å²) in [6.07, 6.45) is 2.69. The Balaban J connectivity index is 1.57. The minimum atomic E-state index is -0.503. The maximum absolute atomic E-state index is 12.9. The molecular weight excluding hydrogens is 452 g/mol. The van der Waals surface area contributed by atoms with Crippen molar-refractivity contribution in [3.8, 4) is 0 Å². The van der Waals surface area contributed by atoms with E-state index in [-0.39, 0.29) is 16.7 Å². The quantitative estimate of drug-likeness (QED) is 0.221. The average molecular weight is 475 g/mol. The first-order chi connectivity index (χ1) is 16.4. The molecule has 0 heterocycles. The van der Waals surface area contributed by atoms with Gasteiger partial charge in [-0.15, -0.1) is 0 Å². The molecule has 3 aromatic carbocycles. The second-order valence-corrected chi connectivity index (χ2v) is 7.50. The van der Waals surface area contributed by atoms with Crippen LogP contribution in [0.3, 0.4) is 0 Å². The number of non-ortho nitro benzene ring substituents is 1. The Hall–Kier alpha value is -4.37. The molecule has 172 valence electrons. The highest BCUT2D eigenvalue weighted by atomic mass is 32.1. The molecule has 3 rings (SSSR count). The molecule has 0 fully saturated rings. The molecule has 2 N–H and O–H groups in total. The molecule has 0 aliphatic carbocycles. The van der Waals surface area contributed by atoms with Gasteiger partial charge in [0.05, 0.1) is 4.92 Å². The van der Waals surface area contributed by atoms with Crippen molar-refractivity contribution in [3.63, 3.8) is 0 Å². The van der Waals surface area contributed by atoms with Crippen molar-refractivity contribution in [2.45, 2.75) is 6.92 Å². The van der Waals surface area contributed by atoms with Crippen LogP contribution in [-0.2, 0) is 4.79 Å². The standard InChI is InChI=1S/C25H22N4O4S/c1-2-28(21-8-4-3-5-9-21)24(31)19-12-14-20(15-13-19)26-25(34)27-23(30)16-11-18-7-6-10-22(17-18)29(32)33/h3-17H,2H2,1H3,(H2,26,27,30,34)/b16-11+. The van der Waals surface area contributed by atoms with E-state index < -0.39 is 10.8 Å². The smallest absolute Gasteiger partial charge is 0.270 e. The zero-order chi connectivity index (χ0) is 24.5. The SMILES string of the molecule is CCN(C(=O)c1ccc(NC(=S)NC(=O)/C=C/c2cccc([N+](=O)[O-])c2)cc1)c1ccccc1. The van der Waals surface area contributed by atoms with Gasteiger partial charge < -0.3 is 10.2 Å². The van der Waals surface area contributed by atoms with E-state index in [0.29, 0.717) is 23.4 Å². The van der Waals surface area contributed by atoms with Crippen LogP contribution in [0.25, 0.3) is 6.08 Å². The topological polar surface area (TPSA) is 105 Å². The molecule has 3 aromatic rings. The summed E-state index contributed by atoms with van der Waals surface area (Å²) in [6.45, 7) is 2.44. The number of nitrogens with one attached hydrogen (secondary N) is 2. The fourth-order valence-electron chi connectivity index (χ4n) is 3.13. The highest BCUT2D eigenvalue weighted by molar-refractivity contribution is 7.80. The van der Waals surface area contributed by atoms with Crippen LogP contribution in [0.1, 0.15) is 22.8 Å². The minimum absolute atomic E-state index is 0.0625. The minimum Gasteiger partial charge on any atom is -0.332 e. The summed E-state index contributed by atoms with van der Waals surface area (Å²) >= 11 is 5.17. The van der Waals surface area contributed by atoms with Crippen LogP contribution in [0.15, 0.2) is 84.9 Å². The molecule has 9 heteroatoms. The third-order valence-corrected chi connectivity index (χ3v) is 4.97. The van der Waals surface area contributed by atoms with Gasteiger partial charge in [-0.05, 0) is 67.2 Å². The second kappa shape index (κ2) is 11.5. The van der Waals surface area contributed by atoms with E-state index in [4.69, 9.17) is 12.2 Å². The van der Waals surface area contributed by atoms with E-state index in [0.717, 1.165) is 5.69 Å². The first-order valence-electron chi connectivity index (χ1n) is 10.4. The normalized spacial score (nSPS) is 10.5. The fraction of sp³-hybridized carbons (Fsp3) is 0.0800. The number of thiocarbonyl (C=S) groups is 1. The third kappa shape index (κ3) is 6.57. The van der Waals surface area contributed by atoms with Gasteiger partial charge in [0.25, 0.3) is 11.6 Å². The molecule has 34 heavy (non-hydrogen) atoms. The van der Waals surface area contributed by atoms with Crippen LogP contribution in [0.2, 0.25) is 0 Å². The van der Waals surface area contributed by atoms with E-state index in [9.17, 15) is 19.7 Å². The van der Waals surface area contributed by atoms with Crippen molar-refractivity contribution in [2.75, 3.05) is 16.8 Å². The van der Waals surface area contributed by atoms with Gasteiger partial charge in [0.1, 0.15) is 0 Å². The largest absolute Gasteiger partial charge is 0.332 e. The molecule has 0 saturated heterocycles. The van der Waals surface area contributed by atoms with Gasteiger partial charge in [-0.2, -0.15) is 0 Å². The molecule has 0 aromatic heterocycles. The van der Waals surface area contributed by atoms with Crippen molar-refractivity contribution in [3.05, 3.63) is 106 Å². The Kier molecular flexibility index (Phi) is 8.20. The van der Waals surface area contributed by atoms with Crippen molar-refractivity contribution in [1.29, 1.82) is 0 Å². The van der Waals surface area contributed by atoms with Crippen molar-refractivity contribution in [2.24, 2.45) is 0 Å². The Morgan fingerprint density at radius 3 is 2.38 bits per heavy atom. The Morgan fingerprint density at radius 1 is 1.03 bits per heavy atom. The van der Waals surface area contributed by atoms with Crippen LogP contribution in [0.4, 0.5) is 17.1 Å². The van der Waals surface area contributed by atoms with Gasteiger partial charge in [0.2, 0.25) is 5.91 Å². The van der Waals surface area contributed by atoms with E-state index in [1.165, 1.54) is 30.4 Å². The average Bonchev–Trinajstić information content (AvgIpc) is 2.84. The number of hydrogen-bond donors (Lipinski definition) is 2. The number of anilines is 2. The lowest BCUT2D eigenvalue weighted by Gasteiger charge is -2.21. The summed E-state index contributed by atoms with van der Waals surface area (Å²) in [6, 6.07) is 22.1. The number of para-hydroxylation sites is 1. The van der Waals surface area contributed by atoms with E-state index in [1.807, 2.05) is 37.3 Å². The molecule has 0 atom stereocenters. The summed E-state index contributed by atoms with van der Waals surface area (Å²) in [5.74, 6) is -0.611. The zero-order valence-electron chi connectivity index (χ0n) is 18.3. The first-order valence-corrected chi connectivity index (χ1v) is 10.8. The van der Waals surface area contributed by atoms with Crippen LogP contribution < -0.4 is 15.5 Å². The third-order valence-electron chi connectivity index (χ3n) is 4.76. The maximum Gasteiger partial charge on any atom is 0.270 e. The lowest BCUT2D eigenvalue weighted by molar-refractivity contribution is -0.384. The summed E-state index contributed by atoms with van der Waals surface area (Å²) < 4.78 is 0. The van der Waals surface area contributed by atoms with Crippen LogP contribution in [-0.4, -0.2) is 28.4 Å². The molecular formula is C25H22N4O4S. The molecule has 0 spiro atoms. The molecule has 8 nitrogen and oxygen atoms in total. The number of hydrogen-bond acceptors (Lipinski definition) is 5. The molecule has 0 radical (unpaired) electrons. The number of amides is 2. The van der Waals surface area contributed by atoms with Crippen LogP contribution in [0.5, 0.6) is 0 Å². The number of carbonyl (C=O) groups excluding carboxylic acids is 2. The monoisotopic (exact) mass is 474 g/mol. The van der Waals surface area contributed by atoms with Gasteiger partial charge in [-0.1, -0.05) is 30.3 Å². The Labute approximate surface area is 202 Å². The van der Waals surface area contributed by atoms with Crippen LogP contribution >= 0.6 is 12.2 Å². The molecule has 0 unspecified atom stereocenters. The number of rotatable bonds is 7. The van der Waals surface area contributed by atoms with Gasteiger partial charge in [0.15, 0.2) is 5.11 Å². The van der Waals surface area contributed by atoms with Gasteiger partial charge in [0, 0.05) is 41.7 Å². The summed E-state index contributed by atoms with van der Waals surface area (Å²) in [5.41, 5.74) is 2.39. The molecule has 0 aliphatic rings. The summed E-state index contributed by atoms with van der Waals surface area (Å²) in [7, 11) is 0. The Bertz CT molecular complexity index is 1230. The maximum atomic E-state index is 12.9. The fourth-order valence-corrected chi connectivity index (χ4v) is 3.35. The van der Waals surface area contributed by atoms with Crippen molar-refractivity contribution in [1.82, 2.24) is 5.32 Å². The number of carbonyl (C=O) groups is 2. The zero-order valence-corrected chi connectivity index (χ0v) is 19.1. The van der Waals surface area contributed by atoms with E-state index in [2.05, 4.69) is 10.6 Å². The summed E-state index contributed by atoms with van der Waals surface area (Å²) in [5, 5.41) is 16.3. The molecule has 0 aliphatic heterocycles. The second-order valence-electron chi connectivity index (χ2n) is 7.09. The molecule has 0 bridgehead atoms. The van der Waals surface area contributed by atoms with E-state index in [1.54, 1.807) is 35.2 Å². The first kappa shape index (κ1) is 24.3. The lowest BCUT2D eigenvalue weighted by atomic mass is 10.1. The number of benzene rings is 3. The molecule has 0 saturated carbocycles. The van der Waals surface area contributed by atoms with Crippen molar-refractivity contribution < 1.29 is 14.5 Å². The predicted octanol–water partition coefficient (Wildman–Crippen LogP) is 4.79. The highest BCUT2D eigenvalue weighted by Gasteiger charge is 2.15. The van der Waals surface area contributed by atoms with Gasteiger partial charge in [-0.25, -0.2) is 0 Å².